The van der Waals surface area contributed by atoms with Gasteiger partial charge >= 0.3 is 17.1 Å². The maximum Gasteiger partial charge on any atom is 2.00 e. The fourth-order valence-electron chi connectivity index (χ4n) is 3.14. The predicted molar refractivity (Wildman–Crippen MR) is 52.1 cm³/mol. The fraction of sp³-hybridized carbons (Fsp3) is 0.750. The molecular weight excluding hydrogens is 309 g/mol. The zero-order valence-electron chi connectivity index (χ0n) is 9.02. The molecule has 3 unspecified atom stereocenters. The predicted octanol–water partition coefficient (Wildman–Crippen LogP) is 3.44. The molecule has 2 aliphatic carbocycles. The molecule has 0 N–H and O–H groups in total. The minimum Gasteiger partial charge on any atom is -0.372 e. The van der Waals surface area contributed by atoms with Crippen molar-refractivity contribution in [2.75, 3.05) is 0 Å². The third-order valence-corrected chi connectivity index (χ3v) is 3.93. The van der Waals surface area contributed by atoms with Crippen molar-refractivity contribution in [2.45, 2.75) is 38.5 Å². The molecule has 3 heteroatoms. The molecule has 0 spiro atoms. The molecule has 2 saturated carbocycles. The third kappa shape index (κ3) is 4.05. The van der Waals surface area contributed by atoms with E-state index >= 15 is 0 Å². The van der Waals surface area contributed by atoms with Crippen LogP contribution in [-0.2, 0) is 51.2 Å². The summed E-state index contributed by atoms with van der Waals surface area (Å²) in [5.74, 6) is 4.63. The Balaban J connectivity index is 0. The Morgan fingerprint density at radius 2 is 1.80 bits per heavy atom. The van der Waals surface area contributed by atoms with Gasteiger partial charge in [0.15, 0.2) is 0 Å². The number of rotatable bonds is 2. The van der Waals surface area contributed by atoms with Crippen molar-refractivity contribution < 1.29 is 51.2 Å². The second kappa shape index (κ2) is 8.62. The average Bonchev–Trinajstić information content (AvgIpc) is 2.44. The van der Waals surface area contributed by atoms with Crippen LogP contribution in [0, 0.1) is 37.5 Å². The van der Waals surface area contributed by atoms with Crippen LogP contribution in [0.2, 0.25) is 0 Å². The molecular formula is C12H19Mn3-. The molecule has 2 rings (SSSR count). The second-order valence-corrected chi connectivity index (χ2v) is 4.43. The summed E-state index contributed by atoms with van der Waals surface area (Å²) in [6, 6.07) is 0. The zero-order valence-corrected chi connectivity index (χ0v) is 12.6. The van der Waals surface area contributed by atoms with Crippen LogP contribution in [0.3, 0.4) is 0 Å². The minimum atomic E-state index is 0. The standard InChI is InChI=1S/C12H19.3Mn/c1-3-9-5-6-11-8-12(9)7-10(11)4-2;;;/h9,11-12H,1-8H2;;;/q-3;;;+2. The van der Waals surface area contributed by atoms with Crippen LogP contribution in [0.15, 0.2) is 0 Å². The summed E-state index contributed by atoms with van der Waals surface area (Å²) in [6.45, 7) is 8.08. The van der Waals surface area contributed by atoms with Crippen LogP contribution < -0.4 is 0 Å². The summed E-state index contributed by atoms with van der Waals surface area (Å²) in [5.41, 5.74) is 0. The first-order valence-corrected chi connectivity index (χ1v) is 5.28. The monoisotopic (exact) mass is 328 g/mol. The minimum absolute atomic E-state index is 0. The maximum absolute atomic E-state index is 4.05. The zero-order chi connectivity index (χ0) is 8.55. The van der Waals surface area contributed by atoms with Crippen molar-refractivity contribution in [3.05, 3.63) is 19.8 Å². The molecule has 0 heterocycles. The number of fused-ring (bicyclic) bond motifs is 2. The molecule has 0 nitrogen and oxygen atoms in total. The van der Waals surface area contributed by atoms with Gasteiger partial charge in [-0.25, -0.2) is 0 Å². The van der Waals surface area contributed by atoms with Gasteiger partial charge in [0.05, 0.1) is 0 Å². The van der Waals surface area contributed by atoms with E-state index < -0.39 is 0 Å². The molecule has 3 atom stereocenters. The molecule has 0 aromatic rings. The van der Waals surface area contributed by atoms with Gasteiger partial charge in [0, 0.05) is 34.1 Å². The summed E-state index contributed by atoms with van der Waals surface area (Å²) in [6.07, 6.45) is 7.95. The largest absolute Gasteiger partial charge is 2.00 e. The molecule has 2 fully saturated rings. The Morgan fingerprint density at radius 1 is 1.13 bits per heavy atom. The topological polar surface area (TPSA) is 0 Å². The summed E-state index contributed by atoms with van der Waals surface area (Å²) in [4.78, 5) is 0. The first kappa shape index (κ1) is 18.9. The third-order valence-electron chi connectivity index (χ3n) is 3.93. The van der Waals surface area contributed by atoms with Gasteiger partial charge in [-0.1, -0.05) is 31.1 Å². The van der Waals surface area contributed by atoms with Gasteiger partial charge < -0.3 is 26.2 Å². The number of hydrogen-bond donors (Lipinski definition) is 0. The van der Waals surface area contributed by atoms with Gasteiger partial charge in [0.25, 0.3) is 0 Å². The van der Waals surface area contributed by atoms with Crippen molar-refractivity contribution in [2.24, 2.45) is 17.8 Å². The van der Waals surface area contributed by atoms with E-state index in [9.17, 15) is 0 Å². The first-order chi connectivity index (χ1) is 5.85. The van der Waals surface area contributed by atoms with Crippen molar-refractivity contribution in [3.63, 3.8) is 0 Å². The van der Waals surface area contributed by atoms with E-state index in [4.69, 9.17) is 0 Å². The molecule has 0 saturated heterocycles. The first-order valence-electron chi connectivity index (χ1n) is 5.28. The van der Waals surface area contributed by atoms with Crippen LogP contribution in [0.4, 0.5) is 0 Å². The van der Waals surface area contributed by atoms with Gasteiger partial charge in [0.1, 0.15) is 0 Å². The number of hydrogen-bond acceptors (Lipinski definition) is 0. The Labute approximate surface area is 127 Å². The van der Waals surface area contributed by atoms with Crippen LogP contribution in [0.25, 0.3) is 0 Å². The van der Waals surface area contributed by atoms with E-state index in [0.29, 0.717) is 0 Å². The smallest absolute Gasteiger partial charge is 0.372 e. The molecule has 2 bridgehead atoms. The maximum atomic E-state index is 4.05. The van der Waals surface area contributed by atoms with Crippen LogP contribution in [0.1, 0.15) is 38.5 Å². The summed E-state index contributed by atoms with van der Waals surface area (Å²) < 4.78 is 0. The normalized spacial score (nSPS) is 33.6. The van der Waals surface area contributed by atoms with E-state index in [1.165, 1.54) is 25.7 Å². The van der Waals surface area contributed by atoms with E-state index in [1.54, 1.807) is 5.92 Å². The molecule has 15 heavy (non-hydrogen) atoms. The molecule has 0 aliphatic heterocycles. The van der Waals surface area contributed by atoms with Gasteiger partial charge in [-0.05, 0) is 0 Å². The van der Waals surface area contributed by atoms with Crippen molar-refractivity contribution in [1.82, 2.24) is 0 Å². The van der Waals surface area contributed by atoms with Gasteiger partial charge in [-0.15, -0.1) is 0 Å². The van der Waals surface area contributed by atoms with Crippen molar-refractivity contribution in [3.8, 4) is 0 Å². The van der Waals surface area contributed by atoms with Gasteiger partial charge in [-0.2, -0.15) is 18.8 Å². The Hall–Kier alpha value is 1.56. The van der Waals surface area contributed by atoms with Gasteiger partial charge in [0.2, 0.25) is 0 Å². The second-order valence-electron chi connectivity index (χ2n) is 4.43. The Bertz CT molecular complexity index is 159. The van der Waals surface area contributed by atoms with Gasteiger partial charge in [-0.3, -0.25) is 0 Å². The summed E-state index contributed by atoms with van der Waals surface area (Å²) >= 11 is 0. The quantitative estimate of drug-likeness (QED) is 0.538. The molecule has 0 amide bonds. The van der Waals surface area contributed by atoms with Crippen LogP contribution in [0.5, 0.6) is 0 Å². The molecule has 0 aromatic carbocycles. The van der Waals surface area contributed by atoms with E-state index in [2.05, 4.69) is 13.8 Å². The van der Waals surface area contributed by atoms with Crippen LogP contribution in [-0.4, -0.2) is 0 Å². The van der Waals surface area contributed by atoms with Crippen molar-refractivity contribution in [1.29, 1.82) is 0 Å². The Morgan fingerprint density at radius 3 is 2.33 bits per heavy atom. The summed E-state index contributed by atoms with van der Waals surface area (Å²) in [7, 11) is 0. The molecule has 2 aliphatic rings. The molecule has 3 radical (unpaired) electrons. The van der Waals surface area contributed by atoms with E-state index in [0.717, 1.165) is 30.6 Å². The molecule has 0 aromatic heterocycles. The fourth-order valence-corrected chi connectivity index (χ4v) is 3.14. The average molecular weight is 328 g/mol. The summed E-state index contributed by atoms with van der Waals surface area (Å²) in [5, 5.41) is 0. The van der Waals surface area contributed by atoms with E-state index in [-0.39, 0.29) is 51.2 Å². The Kier molecular flexibility index (Phi) is 10.9. The van der Waals surface area contributed by atoms with Crippen LogP contribution >= 0.6 is 0 Å². The SMILES string of the molecule is [CH2-]C[C-]1CC2CC1CCC2C[CH2-].[Mn+2].[Mn].[Mn]. The molecule has 89 valence electrons. The van der Waals surface area contributed by atoms with Crippen molar-refractivity contribution >= 4 is 0 Å². The van der Waals surface area contributed by atoms with E-state index in [1.807, 2.05) is 0 Å².